The Kier molecular flexibility index (Phi) is 4.20. The number of hydrogen-bond acceptors (Lipinski definition) is 5. The van der Waals surface area contributed by atoms with Crippen LogP contribution in [0.5, 0.6) is 5.75 Å². The number of carbonyl (C=O) groups is 1. The number of amides is 1. The number of rotatable bonds is 5. The Morgan fingerprint density at radius 3 is 3.17 bits per heavy atom. The zero-order valence-electron chi connectivity index (χ0n) is 13.8. The second-order valence-electron chi connectivity index (χ2n) is 6.75. The Labute approximate surface area is 141 Å². The predicted octanol–water partition coefficient (Wildman–Crippen LogP) is 0.981. The van der Waals surface area contributed by atoms with Gasteiger partial charge in [-0.15, -0.1) is 0 Å². The summed E-state index contributed by atoms with van der Waals surface area (Å²) < 4.78 is 11.6. The molecule has 0 aromatic heterocycles. The molecule has 1 N–H and O–H groups in total. The second kappa shape index (κ2) is 6.35. The molecule has 6 nitrogen and oxygen atoms in total. The van der Waals surface area contributed by atoms with Crippen LogP contribution in [-0.2, 0) is 16.1 Å². The predicted molar refractivity (Wildman–Crippen MR) is 87.5 cm³/mol. The van der Waals surface area contributed by atoms with Crippen LogP contribution in [0, 0.1) is 0 Å². The molecule has 1 aromatic rings. The lowest BCUT2D eigenvalue weighted by Crippen LogP contribution is -2.56. The molecule has 130 valence electrons. The fraction of sp³-hybridized carbons (Fsp3) is 0.611. The van der Waals surface area contributed by atoms with Crippen molar-refractivity contribution in [2.75, 3.05) is 32.9 Å². The first-order valence-corrected chi connectivity index (χ1v) is 8.74. The van der Waals surface area contributed by atoms with E-state index in [9.17, 15) is 4.79 Å². The van der Waals surface area contributed by atoms with Crippen molar-refractivity contribution >= 4 is 5.91 Å². The molecule has 6 heteroatoms. The van der Waals surface area contributed by atoms with Crippen molar-refractivity contribution in [3.8, 4) is 5.75 Å². The topological polar surface area (TPSA) is 62.2 Å². The van der Waals surface area contributed by atoms with E-state index in [2.05, 4.69) is 11.0 Å². The smallest absolute Gasteiger partial charge is 0.226 e. The molecular weight excluding hydrogens is 308 g/mol. The molecule has 24 heavy (non-hydrogen) atoms. The largest absolute Gasteiger partial charge is 0.491 e. The molecule has 3 saturated heterocycles. The highest BCUT2D eigenvalue weighted by molar-refractivity contribution is 5.81. The van der Waals surface area contributed by atoms with Gasteiger partial charge in [0.05, 0.1) is 19.3 Å². The third kappa shape index (κ3) is 2.59. The molecule has 0 bridgehead atoms. The number of hydrogen-bond donors (Lipinski definition) is 1. The third-order valence-corrected chi connectivity index (χ3v) is 5.37. The molecule has 3 heterocycles. The van der Waals surface area contributed by atoms with E-state index >= 15 is 0 Å². The van der Waals surface area contributed by atoms with E-state index < -0.39 is 0 Å². The summed E-state index contributed by atoms with van der Waals surface area (Å²) in [5.41, 5.74) is 0.768. The third-order valence-electron chi connectivity index (χ3n) is 5.37. The Bertz CT molecular complexity index is 623. The van der Waals surface area contributed by atoms with Crippen LogP contribution >= 0.6 is 0 Å². The van der Waals surface area contributed by atoms with Crippen molar-refractivity contribution in [2.24, 2.45) is 0 Å². The number of likely N-dealkylation sites (tertiary alicyclic amines) is 1. The normalized spacial score (nSPS) is 29.6. The van der Waals surface area contributed by atoms with Gasteiger partial charge in [-0.1, -0.05) is 12.1 Å². The Morgan fingerprint density at radius 2 is 2.29 bits per heavy atom. The van der Waals surface area contributed by atoms with Gasteiger partial charge in [0.15, 0.2) is 5.72 Å². The fourth-order valence-corrected chi connectivity index (χ4v) is 4.35. The molecule has 3 aliphatic rings. The number of ether oxygens (including phenoxy) is 2. The maximum absolute atomic E-state index is 12.4. The molecule has 3 fully saturated rings. The molecule has 1 spiro atoms. The van der Waals surface area contributed by atoms with Gasteiger partial charge in [-0.05, 0) is 24.1 Å². The summed E-state index contributed by atoms with van der Waals surface area (Å²) in [6.45, 7) is 3.61. The van der Waals surface area contributed by atoms with Crippen LogP contribution in [0.3, 0.4) is 0 Å². The number of aliphatic hydroxyl groups is 1. The highest BCUT2D eigenvalue weighted by Crippen LogP contribution is 2.45. The Hall–Kier alpha value is -1.63. The van der Waals surface area contributed by atoms with Gasteiger partial charge in [0.2, 0.25) is 5.91 Å². The second-order valence-corrected chi connectivity index (χ2v) is 6.75. The molecule has 4 rings (SSSR count). The minimum Gasteiger partial charge on any atom is -0.491 e. The van der Waals surface area contributed by atoms with Gasteiger partial charge in [-0.3, -0.25) is 9.69 Å². The summed E-state index contributed by atoms with van der Waals surface area (Å²) in [6.07, 6.45) is 2.38. The van der Waals surface area contributed by atoms with Crippen molar-refractivity contribution in [3.05, 3.63) is 29.8 Å². The quantitative estimate of drug-likeness (QED) is 0.871. The summed E-state index contributed by atoms with van der Waals surface area (Å²) in [6, 6.07) is 8.10. The zero-order valence-corrected chi connectivity index (χ0v) is 13.8. The maximum atomic E-state index is 12.4. The molecule has 0 radical (unpaired) electrons. The van der Waals surface area contributed by atoms with Crippen LogP contribution in [0.25, 0.3) is 0 Å². The molecule has 0 unspecified atom stereocenters. The van der Waals surface area contributed by atoms with Crippen molar-refractivity contribution in [2.45, 2.75) is 37.6 Å². The van der Waals surface area contributed by atoms with Crippen LogP contribution in [0.4, 0.5) is 0 Å². The molecule has 1 aromatic carbocycles. The van der Waals surface area contributed by atoms with E-state index in [1.54, 1.807) is 0 Å². The first-order valence-electron chi connectivity index (χ1n) is 8.74. The molecular formula is C18H24N2O4. The summed E-state index contributed by atoms with van der Waals surface area (Å²) in [5.74, 6) is 0.998. The maximum Gasteiger partial charge on any atom is 0.226 e. The number of nitrogens with zero attached hydrogens (tertiary/aromatic N) is 2. The number of aliphatic hydroxyl groups excluding tert-OH is 1. The van der Waals surface area contributed by atoms with E-state index in [1.165, 1.54) is 0 Å². The van der Waals surface area contributed by atoms with Crippen molar-refractivity contribution in [1.29, 1.82) is 0 Å². The lowest BCUT2D eigenvalue weighted by atomic mass is 10.0. The summed E-state index contributed by atoms with van der Waals surface area (Å²) in [5, 5.41) is 8.88. The molecule has 0 aliphatic carbocycles. The molecule has 0 saturated carbocycles. The average Bonchev–Trinajstić information content (AvgIpc) is 3.07. The van der Waals surface area contributed by atoms with Gasteiger partial charge in [-0.25, -0.2) is 0 Å². The Balaban J connectivity index is 1.49. The van der Waals surface area contributed by atoms with E-state index in [-0.39, 0.29) is 24.3 Å². The van der Waals surface area contributed by atoms with Crippen molar-refractivity contribution < 1.29 is 19.4 Å². The minimum atomic E-state index is -0.389. The number of benzene rings is 1. The van der Waals surface area contributed by atoms with Gasteiger partial charge in [0.1, 0.15) is 12.4 Å². The molecule has 2 atom stereocenters. The van der Waals surface area contributed by atoms with Gasteiger partial charge >= 0.3 is 0 Å². The highest BCUT2D eigenvalue weighted by atomic mass is 16.5. The first kappa shape index (κ1) is 15.9. The van der Waals surface area contributed by atoms with Crippen LogP contribution in [-0.4, -0.2) is 65.5 Å². The van der Waals surface area contributed by atoms with E-state index in [0.717, 1.165) is 50.4 Å². The lowest BCUT2D eigenvalue weighted by Gasteiger charge is -2.42. The van der Waals surface area contributed by atoms with E-state index in [0.29, 0.717) is 13.0 Å². The van der Waals surface area contributed by atoms with Gasteiger partial charge in [0.25, 0.3) is 0 Å². The van der Waals surface area contributed by atoms with Crippen molar-refractivity contribution in [3.63, 3.8) is 0 Å². The summed E-state index contributed by atoms with van der Waals surface area (Å²) in [7, 11) is 0. The summed E-state index contributed by atoms with van der Waals surface area (Å²) in [4.78, 5) is 16.7. The zero-order chi connectivity index (χ0) is 16.6. The van der Waals surface area contributed by atoms with Crippen LogP contribution < -0.4 is 4.74 Å². The minimum absolute atomic E-state index is 0.0102. The van der Waals surface area contributed by atoms with E-state index in [1.807, 2.05) is 23.1 Å². The van der Waals surface area contributed by atoms with E-state index in [4.69, 9.17) is 14.6 Å². The Morgan fingerprint density at radius 1 is 1.38 bits per heavy atom. The SMILES string of the molecule is O=C1C[C@H]2N(Cc3cccc(OCCO)c3)CC[C@]23OCCCN13. The fourth-order valence-electron chi connectivity index (χ4n) is 4.35. The van der Waals surface area contributed by atoms with Gasteiger partial charge in [-0.2, -0.15) is 0 Å². The van der Waals surface area contributed by atoms with Crippen molar-refractivity contribution in [1.82, 2.24) is 9.80 Å². The highest BCUT2D eigenvalue weighted by Gasteiger charge is 2.60. The summed E-state index contributed by atoms with van der Waals surface area (Å²) >= 11 is 0. The standard InChI is InChI=1S/C18H24N2O4/c21-8-10-23-15-4-1-3-14(11-15)13-19-7-5-18-16(19)12-17(22)20(18)6-2-9-24-18/h1,3-4,11,16,21H,2,5-10,12-13H2/t16-,18+/m1/s1. The van der Waals surface area contributed by atoms with Crippen LogP contribution in [0.15, 0.2) is 24.3 Å². The van der Waals surface area contributed by atoms with Crippen LogP contribution in [0.1, 0.15) is 24.8 Å². The van der Waals surface area contributed by atoms with Gasteiger partial charge < -0.3 is 19.5 Å². The van der Waals surface area contributed by atoms with Crippen LogP contribution in [0.2, 0.25) is 0 Å². The lowest BCUT2D eigenvalue weighted by molar-refractivity contribution is -0.180. The monoisotopic (exact) mass is 332 g/mol. The molecule has 3 aliphatic heterocycles. The number of carbonyl (C=O) groups excluding carboxylic acids is 1. The van der Waals surface area contributed by atoms with Gasteiger partial charge in [0, 0.05) is 32.5 Å². The molecule has 1 amide bonds. The average molecular weight is 332 g/mol. The first-order chi connectivity index (χ1) is 11.7.